The largest absolute Gasteiger partial charge is 0.444 e. The van der Waals surface area contributed by atoms with E-state index < -0.39 is 0 Å². The molecule has 5 nitrogen and oxygen atoms in total. The highest BCUT2D eigenvalue weighted by molar-refractivity contribution is 5.77. The van der Waals surface area contributed by atoms with Crippen molar-refractivity contribution in [2.24, 2.45) is 0 Å². The second kappa shape index (κ2) is 7.54. The number of benzene rings is 2. The lowest BCUT2D eigenvalue weighted by atomic mass is 10.0. The van der Waals surface area contributed by atoms with Crippen molar-refractivity contribution in [3.8, 4) is 11.5 Å². The number of nitrogens with zero attached hydrogens (tertiary/aromatic N) is 2. The first-order chi connectivity index (χ1) is 12.8. The molecule has 0 spiro atoms. The molecular formula is C21H21N3O2. The minimum atomic E-state index is 0.0376. The van der Waals surface area contributed by atoms with Crippen LogP contribution in [-0.2, 0) is 11.3 Å². The number of carbonyl (C=O) groups is 1. The van der Waals surface area contributed by atoms with E-state index in [1.807, 2.05) is 48.5 Å². The maximum atomic E-state index is 12.1. The van der Waals surface area contributed by atoms with E-state index in [2.05, 4.69) is 27.3 Å². The van der Waals surface area contributed by atoms with Crippen LogP contribution >= 0.6 is 0 Å². The molecule has 2 aromatic carbocycles. The number of aromatic nitrogens is 1. The first-order valence-electron chi connectivity index (χ1n) is 8.85. The fourth-order valence-corrected chi connectivity index (χ4v) is 3.37. The van der Waals surface area contributed by atoms with Gasteiger partial charge in [-0.05, 0) is 17.7 Å². The molecule has 0 bridgehead atoms. The van der Waals surface area contributed by atoms with Gasteiger partial charge in [-0.2, -0.15) is 0 Å². The molecule has 132 valence electrons. The fraction of sp³-hybridized carbons (Fsp3) is 0.238. The number of rotatable bonds is 4. The van der Waals surface area contributed by atoms with Crippen molar-refractivity contribution in [3.63, 3.8) is 0 Å². The molecule has 1 aliphatic rings. The summed E-state index contributed by atoms with van der Waals surface area (Å²) in [6.45, 7) is 2.06. The molecule has 0 unspecified atom stereocenters. The Morgan fingerprint density at radius 1 is 1.08 bits per heavy atom. The summed E-state index contributed by atoms with van der Waals surface area (Å²) in [4.78, 5) is 19.0. The SMILES string of the molecule is O=C1C[C@@H](c2ccccc2)N(Cc2coc(-c3ccccc3)n2)CCN1. The lowest BCUT2D eigenvalue weighted by Crippen LogP contribution is -2.30. The van der Waals surface area contributed by atoms with Gasteiger partial charge in [0.25, 0.3) is 0 Å². The second-order valence-corrected chi connectivity index (χ2v) is 6.46. The predicted molar refractivity (Wildman–Crippen MR) is 99.2 cm³/mol. The van der Waals surface area contributed by atoms with Crippen LogP contribution in [0.15, 0.2) is 71.3 Å². The lowest BCUT2D eigenvalue weighted by molar-refractivity contribution is -0.121. The van der Waals surface area contributed by atoms with Crippen LogP contribution in [0.3, 0.4) is 0 Å². The van der Waals surface area contributed by atoms with Gasteiger partial charge < -0.3 is 9.73 Å². The van der Waals surface area contributed by atoms with Gasteiger partial charge in [-0.1, -0.05) is 48.5 Å². The van der Waals surface area contributed by atoms with Gasteiger partial charge in [0.2, 0.25) is 11.8 Å². The van der Waals surface area contributed by atoms with E-state index in [-0.39, 0.29) is 11.9 Å². The topological polar surface area (TPSA) is 58.4 Å². The predicted octanol–water partition coefficient (Wildman–Crippen LogP) is 3.40. The summed E-state index contributed by atoms with van der Waals surface area (Å²) in [5, 5.41) is 2.97. The second-order valence-electron chi connectivity index (χ2n) is 6.46. The normalized spacial score (nSPS) is 18.3. The Hall–Kier alpha value is -2.92. The third-order valence-corrected chi connectivity index (χ3v) is 4.66. The average Bonchev–Trinajstić information content (AvgIpc) is 3.07. The molecule has 1 N–H and O–H groups in total. The first kappa shape index (κ1) is 16.5. The van der Waals surface area contributed by atoms with Gasteiger partial charge in [-0.3, -0.25) is 9.69 Å². The van der Waals surface area contributed by atoms with E-state index in [4.69, 9.17) is 4.42 Å². The monoisotopic (exact) mass is 347 g/mol. The smallest absolute Gasteiger partial charge is 0.226 e. The first-order valence-corrected chi connectivity index (χ1v) is 8.85. The number of hydrogen-bond donors (Lipinski definition) is 1. The lowest BCUT2D eigenvalue weighted by Gasteiger charge is -2.28. The highest BCUT2D eigenvalue weighted by atomic mass is 16.3. The molecule has 1 fully saturated rings. The molecule has 1 atom stereocenters. The summed E-state index contributed by atoms with van der Waals surface area (Å²) in [5.41, 5.74) is 2.99. The molecule has 0 aliphatic carbocycles. The zero-order chi connectivity index (χ0) is 17.8. The Bertz CT molecular complexity index is 861. The van der Waals surface area contributed by atoms with Gasteiger partial charge in [-0.25, -0.2) is 4.98 Å². The maximum absolute atomic E-state index is 12.1. The zero-order valence-electron chi connectivity index (χ0n) is 14.5. The molecule has 1 amide bonds. The minimum Gasteiger partial charge on any atom is -0.444 e. The van der Waals surface area contributed by atoms with E-state index in [0.29, 0.717) is 25.4 Å². The fourth-order valence-electron chi connectivity index (χ4n) is 3.37. The molecule has 1 aliphatic heterocycles. The van der Waals surface area contributed by atoms with Crippen LogP contribution in [0.1, 0.15) is 23.7 Å². The Morgan fingerprint density at radius 2 is 1.81 bits per heavy atom. The number of oxazole rings is 1. The average molecular weight is 347 g/mol. The number of nitrogens with one attached hydrogen (secondary N) is 1. The van der Waals surface area contributed by atoms with Crippen LogP contribution in [0, 0.1) is 0 Å². The number of hydrogen-bond acceptors (Lipinski definition) is 4. The van der Waals surface area contributed by atoms with E-state index in [1.54, 1.807) is 6.26 Å². The minimum absolute atomic E-state index is 0.0376. The number of amides is 1. The van der Waals surface area contributed by atoms with E-state index >= 15 is 0 Å². The summed E-state index contributed by atoms with van der Waals surface area (Å²) < 4.78 is 5.67. The molecule has 0 radical (unpaired) electrons. The molecule has 26 heavy (non-hydrogen) atoms. The Balaban J connectivity index is 1.57. The Morgan fingerprint density at radius 3 is 2.58 bits per heavy atom. The molecule has 1 aromatic heterocycles. The van der Waals surface area contributed by atoms with E-state index in [0.717, 1.165) is 23.4 Å². The summed E-state index contributed by atoms with van der Waals surface area (Å²) >= 11 is 0. The summed E-state index contributed by atoms with van der Waals surface area (Å²) in [6, 6.07) is 20.1. The highest BCUT2D eigenvalue weighted by Gasteiger charge is 2.27. The van der Waals surface area contributed by atoms with Crippen molar-refractivity contribution in [2.45, 2.75) is 19.0 Å². The zero-order valence-corrected chi connectivity index (χ0v) is 14.5. The van der Waals surface area contributed by atoms with Crippen molar-refractivity contribution >= 4 is 5.91 Å². The van der Waals surface area contributed by atoms with Crippen molar-refractivity contribution in [2.75, 3.05) is 13.1 Å². The van der Waals surface area contributed by atoms with Gasteiger partial charge in [0.15, 0.2) is 0 Å². The van der Waals surface area contributed by atoms with Gasteiger partial charge in [-0.15, -0.1) is 0 Å². The quantitative estimate of drug-likeness (QED) is 0.786. The van der Waals surface area contributed by atoms with Crippen molar-refractivity contribution in [1.29, 1.82) is 0 Å². The van der Waals surface area contributed by atoms with Gasteiger partial charge in [0.05, 0.1) is 5.69 Å². The Labute approximate surface area is 152 Å². The number of carbonyl (C=O) groups excluding carboxylic acids is 1. The molecule has 4 rings (SSSR count). The summed E-state index contributed by atoms with van der Waals surface area (Å²) in [7, 11) is 0. The highest BCUT2D eigenvalue weighted by Crippen LogP contribution is 2.28. The van der Waals surface area contributed by atoms with Crippen molar-refractivity contribution < 1.29 is 9.21 Å². The van der Waals surface area contributed by atoms with Crippen LogP contribution in [-0.4, -0.2) is 28.9 Å². The van der Waals surface area contributed by atoms with E-state index in [1.165, 1.54) is 0 Å². The standard InChI is InChI=1S/C21H21N3O2/c25-20-13-19(16-7-3-1-4-8-16)24(12-11-22-20)14-18-15-26-21(23-18)17-9-5-2-6-10-17/h1-10,15,19H,11-14H2,(H,22,25)/t19-/m0/s1. The van der Waals surface area contributed by atoms with Crippen LogP contribution < -0.4 is 5.32 Å². The summed E-state index contributed by atoms with van der Waals surface area (Å²) in [6.07, 6.45) is 2.16. The molecule has 2 heterocycles. The molecule has 3 aromatic rings. The van der Waals surface area contributed by atoms with Gasteiger partial charge >= 0.3 is 0 Å². The molecular weight excluding hydrogens is 326 g/mol. The van der Waals surface area contributed by atoms with Crippen LogP contribution in [0.5, 0.6) is 0 Å². The van der Waals surface area contributed by atoms with Crippen LogP contribution in [0.2, 0.25) is 0 Å². The van der Waals surface area contributed by atoms with Gasteiger partial charge in [0.1, 0.15) is 6.26 Å². The van der Waals surface area contributed by atoms with Gasteiger partial charge in [0, 0.05) is 37.7 Å². The third kappa shape index (κ3) is 3.68. The van der Waals surface area contributed by atoms with Crippen LogP contribution in [0.25, 0.3) is 11.5 Å². The molecule has 1 saturated heterocycles. The molecule has 0 saturated carbocycles. The summed E-state index contributed by atoms with van der Waals surface area (Å²) in [5.74, 6) is 0.715. The van der Waals surface area contributed by atoms with E-state index in [9.17, 15) is 4.79 Å². The Kier molecular flexibility index (Phi) is 4.80. The van der Waals surface area contributed by atoms with Crippen LogP contribution in [0.4, 0.5) is 0 Å². The maximum Gasteiger partial charge on any atom is 0.226 e. The van der Waals surface area contributed by atoms with Crippen molar-refractivity contribution in [3.05, 3.63) is 78.2 Å². The van der Waals surface area contributed by atoms with Crippen molar-refractivity contribution in [1.82, 2.24) is 15.2 Å². The third-order valence-electron chi connectivity index (χ3n) is 4.66. The molecule has 5 heteroatoms.